The number of rotatable bonds is 1. The van der Waals surface area contributed by atoms with Crippen molar-refractivity contribution < 1.29 is 14.3 Å². The Kier molecular flexibility index (Phi) is 2.68. The normalized spacial score (nSPS) is 27.7. The molecule has 0 N–H and O–H groups in total. The molecule has 2 aromatic rings. The summed E-state index contributed by atoms with van der Waals surface area (Å²) in [6.07, 6.45) is 2.74. The summed E-state index contributed by atoms with van der Waals surface area (Å²) in [7, 11) is 0. The van der Waals surface area contributed by atoms with Crippen molar-refractivity contribution in [1.29, 1.82) is 0 Å². The smallest absolute Gasteiger partial charge is 0.415 e. The summed E-state index contributed by atoms with van der Waals surface area (Å²) in [4.78, 5) is 14.1. The highest BCUT2D eigenvalue weighted by atomic mass is 16.6. The lowest BCUT2D eigenvalue weighted by atomic mass is 9.88. The van der Waals surface area contributed by atoms with E-state index in [-0.39, 0.29) is 24.3 Å². The molecule has 4 heteroatoms. The molecule has 1 aliphatic carbocycles. The molecule has 1 saturated heterocycles. The lowest BCUT2D eigenvalue weighted by molar-refractivity contribution is 0.0525. The predicted octanol–water partition coefficient (Wildman–Crippen LogP) is 3.99. The van der Waals surface area contributed by atoms with Gasteiger partial charge in [0, 0.05) is 0 Å². The third kappa shape index (κ3) is 1.87. The number of carbonyl (C=O) groups excluding carboxylic acids is 1. The fraction of sp³-hybridized carbons (Fsp3) is 0.316. The first kappa shape index (κ1) is 13.0. The van der Waals surface area contributed by atoms with Crippen LogP contribution < -0.4 is 9.64 Å². The van der Waals surface area contributed by atoms with Crippen LogP contribution in [0.15, 0.2) is 48.5 Å². The van der Waals surface area contributed by atoms with Gasteiger partial charge in [0.2, 0.25) is 0 Å². The van der Waals surface area contributed by atoms with E-state index < -0.39 is 0 Å². The predicted molar refractivity (Wildman–Crippen MR) is 86.7 cm³/mol. The minimum absolute atomic E-state index is 0.0248. The topological polar surface area (TPSA) is 38.8 Å². The van der Waals surface area contributed by atoms with Gasteiger partial charge in [-0.2, -0.15) is 0 Å². The first-order valence-electron chi connectivity index (χ1n) is 8.17. The summed E-state index contributed by atoms with van der Waals surface area (Å²) in [6, 6.07) is 16.3. The SMILES string of the molecule is O=C1O[C@H]2CCC[C@H]3Oc4cc(-c5ccccc5)ccc4N1[C@@H]23. The lowest BCUT2D eigenvalue weighted by Crippen LogP contribution is -2.53. The molecule has 4 nitrogen and oxygen atoms in total. The van der Waals surface area contributed by atoms with Gasteiger partial charge in [-0.15, -0.1) is 0 Å². The van der Waals surface area contributed by atoms with Crippen LogP contribution in [0.5, 0.6) is 5.75 Å². The van der Waals surface area contributed by atoms with Crippen LogP contribution in [0.3, 0.4) is 0 Å². The van der Waals surface area contributed by atoms with E-state index >= 15 is 0 Å². The molecule has 2 fully saturated rings. The van der Waals surface area contributed by atoms with Gasteiger partial charge in [0.1, 0.15) is 24.0 Å². The van der Waals surface area contributed by atoms with Crippen LogP contribution in [0, 0.1) is 0 Å². The maximum absolute atomic E-state index is 12.3. The Hall–Kier alpha value is -2.49. The third-order valence-electron chi connectivity index (χ3n) is 5.09. The third-order valence-corrected chi connectivity index (χ3v) is 5.09. The van der Waals surface area contributed by atoms with E-state index in [2.05, 4.69) is 12.1 Å². The molecule has 0 spiro atoms. The highest BCUT2D eigenvalue weighted by molar-refractivity contribution is 5.94. The molecular formula is C19H17NO3. The molecular weight excluding hydrogens is 290 g/mol. The number of amides is 1. The van der Waals surface area contributed by atoms with E-state index in [1.807, 2.05) is 41.3 Å². The Morgan fingerprint density at radius 2 is 1.70 bits per heavy atom. The number of nitrogens with zero attached hydrogens (tertiary/aromatic N) is 1. The van der Waals surface area contributed by atoms with Crippen molar-refractivity contribution in [2.24, 2.45) is 0 Å². The van der Waals surface area contributed by atoms with E-state index in [9.17, 15) is 4.79 Å². The van der Waals surface area contributed by atoms with Crippen molar-refractivity contribution in [3.05, 3.63) is 48.5 Å². The van der Waals surface area contributed by atoms with Crippen molar-refractivity contribution in [2.75, 3.05) is 4.90 Å². The minimum Gasteiger partial charge on any atom is -0.486 e. The van der Waals surface area contributed by atoms with Gasteiger partial charge in [-0.1, -0.05) is 36.4 Å². The van der Waals surface area contributed by atoms with Crippen LogP contribution in [0.2, 0.25) is 0 Å². The Morgan fingerprint density at radius 1 is 0.913 bits per heavy atom. The molecule has 1 saturated carbocycles. The monoisotopic (exact) mass is 307 g/mol. The maximum atomic E-state index is 12.3. The largest absolute Gasteiger partial charge is 0.486 e. The first-order chi connectivity index (χ1) is 11.3. The molecule has 116 valence electrons. The summed E-state index contributed by atoms with van der Waals surface area (Å²) in [6.45, 7) is 0. The summed E-state index contributed by atoms with van der Waals surface area (Å²) in [5.41, 5.74) is 3.08. The molecule has 2 aromatic carbocycles. The van der Waals surface area contributed by atoms with Crippen LogP contribution in [0.4, 0.5) is 10.5 Å². The molecule has 1 amide bonds. The Morgan fingerprint density at radius 3 is 2.52 bits per heavy atom. The molecule has 0 unspecified atom stereocenters. The fourth-order valence-electron chi connectivity index (χ4n) is 4.04. The highest BCUT2D eigenvalue weighted by Crippen LogP contribution is 2.46. The van der Waals surface area contributed by atoms with E-state index in [4.69, 9.17) is 9.47 Å². The lowest BCUT2D eigenvalue weighted by Gasteiger charge is -2.40. The summed E-state index contributed by atoms with van der Waals surface area (Å²) in [5, 5.41) is 0. The van der Waals surface area contributed by atoms with Gasteiger partial charge < -0.3 is 9.47 Å². The zero-order chi connectivity index (χ0) is 15.4. The van der Waals surface area contributed by atoms with Gasteiger partial charge in [-0.05, 0) is 42.5 Å². The molecule has 0 aromatic heterocycles. The highest BCUT2D eigenvalue weighted by Gasteiger charge is 2.52. The number of hydrogen-bond acceptors (Lipinski definition) is 3. The van der Waals surface area contributed by atoms with Crippen molar-refractivity contribution in [3.63, 3.8) is 0 Å². The summed E-state index contributed by atoms with van der Waals surface area (Å²) in [5.74, 6) is 0.784. The Balaban J connectivity index is 1.61. The van der Waals surface area contributed by atoms with E-state index in [0.717, 1.165) is 41.8 Å². The van der Waals surface area contributed by atoms with Crippen LogP contribution in [-0.4, -0.2) is 24.3 Å². The number of carbonyl (C=O) groups is 1. The maximum Gasteiger partial charge on any atom is 0.415 e. The van der Waals surface area contributed by atoms with Crippen molar-refractivity contribution in [2.45, 2.75) is 37.5 Å². The second-order valence-corrected chi connectivity index (χ2v) is 6.42. The van der Waals surface area contributed by atoms with E-state index in [1.54, 1.807) is 0 Å². The molecule has 5 rings (SSSR count). The van der Waals surface area contributed by atoms with Crippen molar-refractivity contribution >= 4 is 11.8 Å². The second-order valence-electron chi connectivity index (χ2n) is 6.42. The number of benzene rings is 2. The zero-order valence-electron chi connectivity index (χ0n) is 12.6. The van der Waals surface area contributed by atoms with E-state index in [1.165, 1.54) is 0 Å². The van der Waals surface area contributed by atoms with E-state index in [0.29, 0.717) is 0 Å². The van der Waals surface area contributed by atoms with Crippen LogP contribution in [0.1, 0.15) is 19.3 Å². The van der Waals surface area contributed by atoms with Crippen LogP contribution >= 0.6 is 0 Å². The first-order valence-corrected chi connectivity index (χ1v) is 8.17. The minimum atomic E-state index is -0.232. The molecule has 2 heterocycles. The second kappa shape index (κ2) is 4.75. The number of hydrogen-bond donors (Lipinski definition) is 0. The molecule has 3 aliphatic rings. The van der Waals surface area contributed by atoms with Gasteiger partial charge >= 0.3 is 6.09 Å². The quantitative estimate of drug-likeness (QED) is 0.799. The number of fused-ring (bicyclic) bond motifs is 2. The number of ether oxygens (including phenoxy) is 2. The van der Waals surface area contributed by atoms with Gasteiger partial charge in [0.25, 0.3) is 0 Å². The Labute approximate surface area is 134 Å². The average Bonchev–Trinajstić information content (AvgIpc) is 2.93. The molecule has 2 aliphatic heterocycles. The van der Waals surface area contributed by atoms with Gasteiger partial charge in [0.15, 0.2) is 0 Å². The number of anilines is 1. The van der Waals surface area contributed by atoms with Crippen LogP contribution in [-0.2, 0) is 4.74 Å². The van der Waals surface area contributed by atoms with Crippen molar-refractivity contribution in [3.8, 4) is 16.9 Å². The van der Waals surface area contributed by atoms with Gasteiger partial charge in [-0.25, -0.2) is 4.79 Å². The van der Waals surface area contributed by atoms with Gasteiger partial charge in [-0.3, -0.25) is 4.90 Å². The van der Waals surface area contributed by atoms with Crippen molar-refractivity contribution in [1.82, 2.24) is 0 Å². The zero-order valence-corrected chi connectivity index (χ0v) is 12.6. The summed E-state index contributed by atoms with van der Waals surface area (Å²) >= 11 is 0. The van der Waals surface area contributed by atoms with Crippen LogP contribution in [0.25, 0.3) is 11.1 Å². The van der Waals surface area contributed by atoms with Gasteiger partial charge in [0.05, 0.1) is 5.69 Å². The summed E-state index contributed by atoms with van der Waals surface area (Å²) < 4.78 is 11.8. The molecule has 0 radical (unpaired) electrons. The molecule has 3 atom stereocenters. The molecule has 23 heavy (non-hydrogen) atoms. The molecule has 0 bridgehead atoms. The average molecular weight is 307 g/mol. The standard InChI is InChI=1S/C19H17NO3/c21-19-20-14-10-9-13(12-5-2-1-3-6-12)11-17(14)22-15-7-4-8-16(23-19)18(15)20/h1-3,5-6,9-11,15-16,18H,4,7-8H2/t15-,16+,18-/m1/s1. The fourth-order valence-corrected chi connectivity index (χ4v) is 4.04. The Bertz CT molecular complexity index is 773.